The molecular weight excluding hydrogens is 439 g/mol. The van der Waals surface area contributed by atoms with Gasteiger partial charge in [0, 0.05) is 44.7 Å². The molecule has 0 saturated carbocycles. The Balaban J connectivity index is 1.27. The van der Waals surface area contributed by atoms with Crippen LogP contribution in [0.25, 0.3) is 0 Å². The Bertz CT molecular complexity index is 1190. The van der Waals surface area contributed by atoms with E-state index in [9.17, 15) is 9.18 Å². The average Bonchev–Trinajstić information content (AvgIpc) is 3.32. The minimum absolute atomic E-state index is 0.0153. The summed E-state index contributed by atoms with van der Waals surface area (Å²) < 4.78 is 13.9. The van der Waals surface area contributed by atoms with E-state index in [-0.39, 0.29) is 17.8 Å². The molecule has 2 aliphatic rings. The van der Waals surface area contributed by atoms with Gasteiger partial charge in [-0.25, -0.2) is 9.40 Å². The van der Waals surface area contributed by atoms with Crippen molar-refractivity contribution in [3.63, 3.8) is 0 Å². The van der Waals surface area contributed by atoms with Gasteiger partial charge in [0.2, 0.25) is 0 Å². The SMILES string of the molecule is Cc1ccc([C@@H]2CC(c3cccc(F)c3)=NN2C(=O)CN2CCN(Cc3ccccc3)CC2)cc1. The number of carbonyl (C=O) groups is 1. The molecule has 0 bridgehead atoms. The molecule has 1 atom stereocenters. The molecule has 0 N–H and O–H groups in total. The van der Waals surface area contributed by atoms with Crippen molar-refractivity contribution in [2.45, 2.75) is 25.9 Å². The van der Waals surface area contributed by atoms with Crippen molar-refractivity contribution in [3.05, 3.63) is 107 Å². The lowest BCUT2D eigenvalue weighted by atomic mass is 9.97. The number of nitrogens with zero attached hydrogens (tertiary/aromatic N) is 4. The third-order valence-corrected chi connectivity index (χ3v) is 6.86. The first kappa shape index (κ1) is 23.4. The third kappa shape index (κ3) is 5.66. The molecule has 6 heteroatoms. The van der Waals surface area contributed by atoms with Crippen LogP contribution in [0.15, 0.2) is 84.0 Å². The molecule has 0 radical (unpaired) electrons. The number of hydrogen-bond acceptors (Lipinski definition) is 4. The highest BCUT2D eigenvalue weighted by Gasteiger charge is 2.34. The Morgan fingerprint density at radius 1 is 0.914 bits per heavy atom. The van der Waals surface area contributed by atoms with Gasteiger partial charge < -0.3 is 0 Å². The average molecular weight is 471 g/mol. The van der Waals surface area contributed by atoms with E-state index in [2.05, 4.69) is 58.3 Å². The molecule has 5 nitrogen and oxygen atoms in total. The summed E-state index contributed by atoms with van der Waals surface area (Å²) in [4.78, 5) is 18.1. The van der Waals surface area contributed by atoms with E-state index in [1.165, 1.54) is 23.3 Å². The van der Waals surface area contributed by atoms with Crippen molar-refractivity contribution in [2.24, 2.45) is 5.10 Å². The van der Waals surface area contributed by atoms with Crippen LogP contribution in [-0.2, 0) is 11.3 Å². The lowest BCUT2D eigenvalue weighted by Crippen LogP contribution is -2.49. The van der Waals surface area contributed by atoms with Crippen LogP contribution in [0.5, 0.6) is 0 Å². The smallest absolute Gasteiger partial charge is 0.257 e. The number of piperazine rings is 1. The van der Waals surface area contributed by atoms with Crippen LogP contribution in [0.2, 0.25) is 0 Å². The van der Waals surface area contributed by atoms with Gasteiger partial charge in [0.05, 0.1) is 18.3 Å². The topological polar surface area (TPSA) is 39.2 Å². The number of carbonyl (C=O) groups excluding carboxylic acids is 1. The summed E-state index contributed by atoms with van der Waals surface area (Å²) in [6.45, 7) is 6.88. The number of halogens is 1. The maximum atomic E-state index is 13.9. The van der Waals surface area contributed by atoms with Crippen LogP contribution < -0.4 is 0 Å². The molecule has 180 valence electrons. The minimum Gasteiger partial charge on any atom is -0.297 e. The van der Waals surface area contributed by atoms with Crippen molar-refractivity contribution in [1.82, 2.24) is 14.8 Å². The fraction of sp³-hybridized carbons (Fsp3) is 0.310. The first-order chi connectivity index (χ1) is 17.0. The highest BCUT2D eigenvalue weighted by atomic mass is 19.1. The number of benzene rings is 3. The van der Waals surface area contributed by atoms with Crippen LogP contribution in [0.1, 0.15) is 34.7 Å². The second-order valence-corrected chi connectivity index (χ2v) is 9.46. The second-order valence-electron chi connectivity index (χ2n) is 9.46. The molecular formula is C29H31FN4O. The summed E-state index contributed by atoms with van der Waals surface area (Å²) in [6.07, 6.45) is 0.573. The number of hydrogen-bond donors (Lipinski definition) is 0. The van der Waals surface area contributed by atoms with Crippen molar-refractivity contribution >= 4 is 11.6 Å². The van der Waals surface area contributed by atoms with Crippen LogP contribution in [0.4, 0.5) is 4.39 Å². The zero-order valence-corrected chi connectivity index (χ0v) is 20.1. The minimum atomic E-state index is -0.296. The van der Waals surface area contributed by atoms with Gasteiger partial charge in [-0.2, -0.15) is 5.10 Å². The maximum Gasteiger partial charge on any atom is 0.257 e. The Morgan fingerprint density at radius 2 is 1.63 bits per heavy atom. The van der Waals surface area contributed by atoms with Crippen molar-refractivity contribution < 1.29 is 9.18 Å². The maximum absolute atomic E-state index is 13.9. The van der Waals surface area contributed by atoms with Crippen LogP contribution in [0, 0.1) is 12.7 Å². The summed E-state index contributed by atoms with van der Waals surface area (Å²) in [5.74, 6) is -0.311. The lowest BCUT2D eigenvalue weighted by Gasteiger charge is -2.35. The van der Waals surface area contributed by atoms with Gasteiger partial charge in [-0.05, 0) is 30.2 Å². The molecule has 5 rings (SSSR count). The molecule has 1 saturated heterocycles. The van der Waals surface area contributed by atoms with Gasteiger partial charge in [-0.1, -0.05) is 72.3 Å². The molecule has 35 heavy (non-hydrogen) atoms. The Kier molecular flexibility index (Phi) is 7.02. The van der Waals surface area contributed by atoms with Crippen molar-refractivity contribution in [3.8, 4) is 0 Å². The van der Waals surface area contributed by atoms with E-state index in [1.807, 2.05) is 19.1 Å². The van der Waals surface area contributed by atoms with E-state index in [0.717, 1.165) is 49.6 Å². The fourth-order valence-electron chi connectivity index (χ4n) is 4.84. The number of amides is 1. The summed E-state index contributed by atoms with van der Waals surface area (Å²) >= 11 is 0. The van der Waals surface area contributed by atoms with Gasteiger partial charge in [0.25, 0.3) is 5.91 Å². The molecule has 2 heterocycles. The van der Waals surface area contributed by atoms with E-state index >= 15 is 0 Å². The summed E-state index contributed by atoms with van der Waals surface area (Å²) in [6, 6.07) is 25.0. The number of hydrazone groups is 1. The molecule has 0 spiro atoms. The predicted octanol–water partition coefficient (Wildman–Crippen LogP) is 4.63. The van der Waals surface area contributed by atoms with Crippen molar-refractivity contribution in [2.75, 3.05) is 32.7 Å². The monoisotopic (exact) mass is 470 g/mol. The lowest BCUT2D eigenvalue weighted by molar-refractivity contribution is -0.134. The zero-order valence-electron chi connectivity index (χ0n) is 20.1. The van der Waals surface area contributed by atoms with Gasteiger partial charge in [0.15, 0.2) is 0 Å². The predicted molar refractivity (Wildman–Crippen MR) is 136 cm³/mol. The molecule has 1 fully saturated rings. The first-order valence-corrected chi connectivity index (χ1v) is 12.3. The van der Waals surface area contributed by atoms with E-state index in [4.69, 9.17) is 5.10 Å². The summed E-state index contributed by atoms with van der Waals surface area (Å²) in [7, 11) is 0. The molecule has 1 amide bonds. The Labute approximate surface area is 206 Å². The molecule has 0 aliphatic carbocycles. The normalized spacial score (nSPS) is 19.1. The van der Waals surface area contributed by atoms with Crippen LogP contribution in [0.3, 0.4) is 0 Å². The Morgan fingerprint density at radius 3 is 2.34 bits per heavy atom. The molecule has 0 unspecified atom stereocenters. The first-order valence-electron chi connectivity index (χ1n) is 12.3. The largest absolute Gasteiger partial charge is 0.297 e. The molecule has 0 aromatic heterocycles. The summed E-state index contributed by atoms with van der Waals surface area (Å²) in [5, 5.41) is 6.34. The molecule has 3 aromatic carbocycles. The van der Waals surface area contributed by atoms with Crippen molar-refractivity contribution in [1.29, 1.82) is 0 Å². The van der Waals surface area contributed by atoms with E-state index in [1.54, 1.807) is 11.1 Å². The standard InChI is InChI=1S/C29H31FN4O/c1-22-10-12-24(13-11-22)28-19-27(25-8-5-9-26(30)18-25)31-34(28)29(35)21-33-16-14-32(15-17-33)20-23-6-3-2-4-7-23/h2-13,18,28H,14-17,19-21H2,1H3/t28-/m0/s1. The van der Waals surface area contributed by atoms with Gasteiger partial charge in [-0.15, -0.1) is 0 Å². The highest BCUT2D eigenvalue weighted by molar-refractivity contribution is 6.03. The quantitative estimate of drug-likeness (QED) is 0.527. The fourth-order valence-corrected chi connectivity index (χ4v) is 4.84. The zero-order chi connectivity index (χ0) is 24.2. The van der Waals surface area contributed by atoms with Crippen LogP contribution in [-0.4, -0.2) is 59.2 Å². The van der Waals surface area contributed by atoms with Gasteiger partial charge >= 0.3 is 0 Å². The number of aryl methyl sites for hydroxylation is 1. The van der Waals surface area contributed by atoms with Crippen LogP contribution >= 0.6 is 0 Å². The van der Waals surface area contributed by atoms with Gasteiger partial charge in [0.1, 0.15) is 5.82 Å². The second kappa shape index (κ2) is 10.5. The molecule has 3 aromatic rings. The third-order valence-electron chi connectivity index (χ3n) is 6.86. The number of rotatable bonds is 6. The summed E-state index contributed by atoms with van der Waals surface area (Å²) in [5.41, 5.74) is 5.01. The van der Waals surface area contributed by atoms with E-state index in [0.29, 0.717) is 13.0 Å². The Hall–Kier alpha value is -3.35. The molecule has 2 aliphatic heterocycles. The van der Waals surface area contributed by atoms with E-state index < -0.39 is 0 Å². The van der Waals surface area contributed by atoms with Gasteiger partial charge in [-0.3, -0.25) is 14.6 Å². The highest BCUT2D eigenvalue weighted by Crippen LogP contribution is 2.33.